The number of nitrogens with zero attached hydrogens (tertiary/aromatic N) is 2. The Balaban J connectivity index is 1.42. The molecule has 248 valence electrons. The summed E-state index contributed by atoms with van der Waals surface area (Å²) in [4.78, 5) is 51.4. The topological polar surface area (TPSA) is 95.0 Å². The molecule has 0 unspecified atom stereocenters. The van der Waals surface area contributed by atoms with Crippen molar-refractivity contribution in [3.63, 3.8) is 0 Å². The molecular formula is C33H20Cl3F5N2O5. The summed E-state index contributed by atoms with van der Waals surface area (Å²) in [5.41, 5.74) is -1.21. The molecule has 7 rings (SSSR count). The lowest BCUT2D eigenvalue weighted by molar-refractivity contribution is -0.141. The second kappa shape index (κ2) is 11.0. The number of alkyl halides is 2. The first-order valence-corrected chi connectivity index (χ1v) is 15.6. The Bertz CT molecular complexity index is 1990. The molecule has 7 nitrogen and oxygen atoms in total. The standard InChI is InChI=1S/C33H20Cl3F5N2O5/c34-14-6-9-19(44)17(10-14)21-15-7-8-16-20(29(46)42(28(16)45)12-13-4-2-1-3-5-13)18(15)11-32(35)30(47)43(31(48)33(21,32)36)27-25(40)23(38)22(37)24(39)26(27)41/h1-7,9-10,16,18,20-21,44H,8,11-12H2/t16-,18+,20-,21+,32+,33-/m0/s1. The monoisotopic (exact) mass is 724 g/mol. The predicted octanol–water partition coefficient (Wildman–Crippen LogP) is 6.50. The van der Waals surface area contributed by atoms with Gasteiger partial charge in [0.05, 0.1) is 18.4 Å². The molecule has 4 aliphatic rings. The lowest BCUT2D eigenvalue weighted by Crippen LogP contribution is -2.60. The van der Waals surface area contributed by atoms with Crippen LogP contribution in [-0.2, 0) is 25.7 Å². The van der Waals surface area contributed by atoms with Crippen LogP contribution in [0.5, 0.6) is 5.75 Å². The largest absolute Gasteiger partial charge is 0.508 e. The third kappa shape index (κ3) is 4.18. The summed E-state index contributed by atoms with van der Waals surface area (Å²) in [6.45, 7) is -0.0665. The lowest BCUT2D eigenvalue weighted by atomic mass is 9.56. The van der Waals surface area contributed by atoms with Crippen molar-refractivity contribution in [3.8, 4) is 5.75 Å². The van der Waals surface area contributed by atoms with Crippen molar-refractivity contribution in [3.05, 3.63) is 105 Å². The van der Waals surface area contributed by atoms with Crippen LogP contribution in [0.25, 0.3) is 0 Å². The molecule has 3 fully saturated rings. The van der Waals surface area contributed by atoms with Crippen LogP contribution in [0.3, 0.4) is 0 Å². The van der Waals surface area contributed by atoms with E-state index in [4.69, 9.17) is 34.8 Å². The minimum absolute atomic E-state index is 0.0224. The van der Waals surface area contributed by atoms with Gasteiger partial charge in [0.15, 0.2) is 33.0 Å². The van der Waals surface area contributed by atoms with Gasteiger partial charge in [0.25, 0.3) is 11.8 Å². The van der Waals surface area contributed by atoms with Crippen LogP contribution >= 0.6 is 34.8 Å². The molecule has 3 aromatic carbocycles. The van der Waals surface area contributed by atoms with Gasteiger partial charge in [0, 0.05) is 16.5 Å². The molecule has 2 aliphatic carbocycles. The molecule has 6 atom stereocenters. The lowest BCUT2D eigenvalue weighted by Gasteiger charge is -2.50. The van der Waals surface area contributed by atoms with Crippen LogP contribution in [0, 0.1) is 46.8 Å². The summed E-state index contributed by atoms with van der Waals surface area (Å²) in [5, 5.41) is 11.0. The van der Waals surface area contributed by atoms with Gasteiger partial charge in [-0.1, -0.05) is 53.6 Å². The fourth-order valence-corrected chi connectivity index (χ4v) is 8.76. The van der Waals surface area contributed by atoms with Crippen molar-refractivity contribution in [2.75, 3.05) is 4.90 Å². The van der Waals surface area contributed by atoms with E-state index < -0.39 is 104 Å². The van der Waals surface area contributed by atoms with Gasteiger partial charge >= 0.3 is 0 Å². The predicted molar refractivity (Wildman–Crippen MR) is 162 cm³/mol. The van der Waals surface area contributed by atoms with E-state index in [-0.39, 0.29) is 34.0 Å². The molecule has 4 amide bonds. The first-order valence-electron chi connectivity index (χ1n) is 14.5. The van der Waals surface area contributed by atoms with E-state index in [0.717, 1.165) is 11.0 Å². The van der Waals surface area contributed by atoms with Crippen molar-refractivity contribution >= 4 is 64.1 Å². The van der Waals surface area contributed by atoms with E-state index in [1.165, 1.54) is 18.2 Å². The summed E-state index contributed by atoms with van der Waals surface area (Å²) in [5.74, 6) is -22.1. The zero-order valence-corrected chi connectivity index (χ0v) is 26.4. The Labute approximate surface area is 283 Å². The smallest absolute Gasteiger partial charge is 0.258 e. The zero-order valence-electron chi connectivity index (χ0n) is 24.1. The van der Waals surface area contributed by atoms with Crippen molar-refractivity contribution < 1.29 is 46.2 Å². The van der Waals surface area contributed by atoms with Gasteiger partial charge < -0.3 is 5.11 Å². The minimum atomic E-state index is -2.77. The van der Waals surface area contributed by atoms with Crippen LogP contribution in [0.4, 0.5) is 27.6 Å². The summed E-state index contributed by atoms with van der Waals surface area (Å²) >= 11 is 20.4. The normalized spacial score (nSPS) is 29.6. The van der Waals surface area contributed by atoms with Crippen molar-refractivity contribution in [1.29, 1.82) is 0 Å². The molecule has 1 N–H and O–H groups in total. The summed E-state index contributed by atoms with van der Waals surface area (Å²) in [6, 6.07) is 12.3. The maximum absolute atomic E-state index is 15.1. The van der Waals surface area contributed by atoms with Gasteiger partial charge in [-0.25, -0.2) is 26.9 Å². The van der Waals surface area contributed by atoms with Crippen LogP contribution in [0.2, 0.25) is 5.02 Å². The number of benzene rings is 3. The number of aromatic hydroxyl groups is 1. The highest BCUT2D eigenvalue weighted by atomic mass is 35.5. The Morgan fingerprint density at radius 2 is 1.44 bits per heavy atom. The molecule has 1 saturated carbocycles. The van der Waals surface area contributed by atoms with E-state index >= 15 is 8.78 Å². The maximum atomic E-state index is 15.1. The van der Waals surface area contributed by atoms with Crippen LogP contribution in [0.1, 0.15) is 29.9 Å². The number of fused-ring (bicyclic) bond motifs is 4. The van der Waals surface area contributed by atoms with E-state index in [2.05, 4.69) is 0 Å². The molecule has 0 bridgehead atoms. The highest BCUT2D eigenvalue weighted by Gasteiger charge is 2.77. The minimum Gasteiger partial charge on any atom is -0.508 e. The summed E-state index contributed by atoms with van der Waals surface area (Å²) < 4.78 is 73.0. The maximum Gasteiger partial charge on any atom is 0.258 e. The number of phenolic OH excluding ortho intramolecular Hbond substituents is 1. The first-order chi connectivity index (χ1) is 22.6. The highest BCUT2D eigenvalue weighted by Crippen LogP contribution is 2.66. The zero-order chi connectivity index (χ0) is 34.6. The average Bonchev–Trinajstić information content (AvgIpc) is 3.39. The third-order valence-electron chi connectivity index (χ3n) is 9.80. The number of carbonyl (C=O) groups is 4. The Kier molecular flexibility index (Phi) is 7.46. The fourth-order valence-electron chi connectivity index (χ4n) is 7.66. The summed E-state index contributed by atoms with van der Waals surface area (Å²) in [7, 11) is 0. The number of allylic oxidation sites excluding steroid dienone is 2. The Morgan fingerprint density at radius 1 is 0.812 bits per heavy atom. The van der Waals surface area contributed by atoms with Gasteiger partial charge in [0.1, 0.15) is 11.4 Å². The number of halogens is 8. The van der Waals surface area contributed by atoms with Gasteiger partial charge in [-0.15, -0.1) is 23.2 Å². The summed E-state index contributed by atoms with van der Waals surface area (Å²) in [6.07, 6.45) is 0.848. The van der Waals surface area contributed by atoms with Gasteiger partial charge in [-0.3, -0.25) is 24.1 Å². The number of carbonyl (C=O) groups excluding carboxylic acids is 4. The molecule has 0 spiro atoms. The van der Waals surface area contributed by atoms with Crippen LogP contribution in [0.15, 0.2) is 60.2 Å². The number of hydrogen-bond acceptors (Lipinski definition) is 5. The Hall–Kier alpha value is -4.00. The van der Waals surface area contributed by atoms with Crippen molar-refractivity contribution in [2.24, 2.45) is 17.8 Å². The van der Waals surface area contributed by atoms with E-state index in [0.29, 0.717) is 5.56 Å². The SMILES string of the molecule is O=C1[C@H]2[C@H](CC=C3[C@H]2C[C@@]2(Cl)C(=O)N(c4c(F)c(F)c(F)c(F)c4F)C(=O)[C@@]2(Cl)[C@H]3c2cc(Cl)ccc2O)C(=O)N1Cc1ccccc1. The average molecular weight is 726 g/mol. The molecule has 2 aliphatic heterocycles. The Morgan fingerprint density at radius 3 is 2.08 bits per heavy atom. The number of anilines is 1. The molecule has 15 heteroatoms. The number of likely N-dealkylation sites (tertiary alicyclic amines) is 1. The van der Waals surface area contributed by atoms with Crippen LogP contribution < -0.4 is 4.90 Å². The molecule has 2 saturated heterocycles. The van der Waals surface area contributed by atoms with Crippen molar-refractivity contribution in [2.45, 2.75) is 35.1 Å². The molecule has 3 aromatic rings. The molecule has 48 heavy (non-hydrogen) atoms. The van der Waals surface area contributed by atoms with E-state index in [1.807, 2.05) is 0 Å². The number of imide groups is 2. The quantitative estimate of drug-likeness (QED) is 0.0828. The molecule has 0 radical (unpaired) electrons. The van der Waals surface area contributed by atoms with Gasteiger partial charge in [0.2, 0.25) is 17.6 Å². The highest BCUT2D eigenvalue weighted by molar-refractivity contribution is 6.58. The first kappa shape index (κ1) is 32.5. The van der Waals surface area contributed by atoms with E-state index in [1.54, 1.807) is 30.3 Å². The van der Waals surface area contributed by atoms with Crippen molar-refractivity contribution in [1.82, 2.24) is 4.90 Å². The van der Waals surface area contributed by atoms with Crippen LogP contribution in [-0.4, -0.2) is 43.4 Å². The number of amides is 4. The second-order valence-corrected chi connectivity index (χ2v) is 13.8. The molecule has 2 heterocycles. The van der Waals surface area contributed by atoms with Gasteiger partial charge in [-0.05, 0) is 42.5 Å². The van der Waals surface area contributed by atoms with Gasteiger partial charge in [-0.2, -0.15) is 0 Å². The fraction of sp³-hybridized carbons (Fsp3) is 0.273. The number of hydrogen-bond donors (Lipinski definition) is 1. The third-order valence-corrected chi connectivity index (χ3v) is 11.4. The van der Waals surface area contributed by atoms with E-state index in [9.17, 15) is 37.5 Å². The molecule has 0 aromatic heterocycles. The number of phenols is 1. The molecular weight excluding hydrogens is 706 g/mol. The number of rotatable bonds is 4. The second-order valence-electron chi connectivity index (χ2n) is 12.1.